The van der Waals surface area contributed by atoms with E-state index in [0.29, 0.717) is 12.3 Å². The number of aromatic amines is 1. The number of nitrogens with zero attached hydrogens (tertiary/aromatic N) is 1. The fourth-order valence-corrected chi connectivity index (χ4v) is 2.35. The Labute approximate surface area is 133 Å². The van der Waals surface area contributed by atoms with Gasteiger partial charge in [0.25, 0.3) is 5.69 Å². The predicted octanol–water partition coefficient (Wildman–Crippen LogP) is -0.674. The molecule has 0 radical (unpaired) electrons. The van der Waals surface area contributed by atoms with Crippen molar-refractivity contribution >= 4 is 27.8 Å². The van der Waals surface area contributed by atoms with E-state index in [1.807, 2.05) is 50.5 Å². The van der Waals surface area contributed by atoms with Crippen molar-refractivity contribution in [2.75, 3.05) is 6.61 Å². The van der Waals surface area contributed by atoms with Gasteiger partial charge in [-0.05, 0) is 13.0 Å². The highest BCUT2D eigenvalue weighted by molar-refractivity contribution is 6.08. The molecule has 3 rings (SSSR count). The molecule has 0 aliphatic carbocycles. The lowest BCUT2D eigenvalue weighted by molar-refractivity contribution is -0.672. The molecule has 20 heavy (non-hydrogen) atoms. The largest absolute Gasteiger partial charge is 1.00 e. The van der Waals surface area contributed by atoms with Crippen LogP contribution in [-0.2, 0) is 11.8 Å². The number of para-hydroxylation sites is 1. The maximum Gasteiger partial charge on any atom is 0.403 e. The first-order valence-corrected chi connectivity index (χ1v) is 6.28. The van der Waals surface area contributed by atoms with Crippen molar-refractivity contribution in [2.24, 2.45) is 7.05 Å². The molecule has 4 nitrogen and oxygen atoms in total. The van der Waals surface area contributed by atoms with Crippen molar-refractivity contribution in [1.29, 1.82) is 0 Å². The minimum Gasteiger partial charge on any atom is -1.00 e. The predicted molar refractivity (Wildman–Crippen MR) is 72.9 cm³/mol. The van der Waals surface area contributed by atoms with E-state index in [-0.39, 0.29) is 29.9 Å². The Hall–Kier alpha value is -1.63. The number of benzene rings is 1. The molecular weight excluding hydrogens is 367 g/mol. The highest BCUT2D eigenvalue weighted by Crippen LogP contribution is 2.24. The standard InChI is InChI=1S/C15H14N2O2.HI/c1-3-19-15(18)14-8-11-10-6-4-5-7-12(10)16-13(11)9-17(14)2;/h4-9H,3H2,1-2H3;1H. The van der Waals surface area contributed by atoms with E-state index in [9.17, 15) is 4.79 Å². The van der Waals surface area contributed by atoms with Gasteiger partial charge in [-0.25, -0.2) is 4.79 Å². The molecule has 1 aromatic carbocycles. The summed E-state index contributed by atoms with van der Waals surface area (Å²) in [6, 6.07) is 9.94. The lowest BCUT2D eigenvalue weighted by Gasteiger charge is -2.00. The van der Waals surface area contributed by atoms with Gasteiger partial charge in [0.05, 0.1) is 6.61 Å². The average Bonchev–Trinajstić information content (AvgIpc) is 2.75. The van der Waals surface area contributed by atoms with E-state index in [4.69, 9.17) is 4.74 Å². The van der Waals surface area contributed by atoms with Gasteiger partial charge in [0.1, 0.15) is 12.6 Å². The number of aromatic nitrogens is 2. The highest BCUT2D eigenvalue weighted by Gasteiger charge is 2.20. The lowest BCUT2D eigenvalue weighted by Crippen LogP contribution is -3.00. The van der Waals surface area contributed by atoms with Gasteiger partial charge in [-0.1, -0.05) is 18.2 Å². The van der Waals surface area contributed by atoms with E-state index >= 15 is 0 Å². The molecule has 3 aromatic rings. The molecule has 0 saturated heterocycles. The van der Waals surface area contributed by atoms with Crippen LogP contribution in [0.15, 0.2) is 36.5 Å². The minimum absolute atomic E-state index is 0. The molecule has 0 atom stereocenters. The molecule has 2 heterocycles. The molecule has 0 aliphatic rings. The van der Waals surface area contributed by atoms with Crippen LogP contribution >= 0.6 is 0 Å². The van der Waals surface area contributed by atoms with Crippen LogP contribution in [0.25, 0.3) is 21.8 Å². The third kappa shape index (κ3) is 2.37. The van der Waals surface area contributed by atoms with Crippen LogP contribution in [0, 0.1) is 0 Å². The second-order valence-corrected chi connectivity index (χ2v) is 4.49. The molecule has 104 valence electrons. The molecule has 0 aliphatic heterocycles. The number of ether oxygens (including phenoxy) is 1. The van der Waals surface area contributed by atoms with E-state index in [1.165, 1.54) is 0 Å². The van der Waals surface area contributed by atoms with Gasteiger partial charge >= 0.3 is 5.97 Å². The summed E-state index contributed by atoms with van der Waals surface area (Å²) in [5, 5.41) is 2.15. The van der Waals surface area contributed by atoms with Crippen LogP contribution in [-0.4, -0.2) is 17.6 Å². The van der Waals surface area contributed by atoms with Gasteiger partial charge in [-0.3, -0.25) is 0 Å². The Morgan fingerprint density at radius 1 is 1.25 bits per heavy atom. The minimum atomic E-state index is -0.294. The summed E-state index contributed by atoms with van der Waals surface area (Å²) in [4.78, 5) is 15.3. The fourth-order valence-electron chi connectivity index (χ4n) is 2.35. The molecule has 0 amide bonds. The van der Waals surface area contributed by atoms with Gasteiger partial charge in [-0.15, -0.1) is 0 Å². The summed E-state index contributed by atoms with van der Waals surface area (Å²) in [6.45, 7) is 2.19. The number of pyridine rings is 1. The summed E-state index contributed by atoms with van der Waals surface area (Å²) in [6.07, 6.45) is 1.92. The number of carbonyl (C=O) groups is 1. The Bertz CT molecular complexity index is 780. The summed E-state index contributed by atoms with van der Waals surface area (Å²) in [7, 11) is 1.84. The van der Waals surface area contributed by atoms with E-state index in [1.54, 1.807) is 4.57 Å². The van der Waals surface area contributed by atoms with Crippen LogP contribution in [0.4, 0.5) is 0 Å². The molecule has 1 N–H and O–H groups in total. The van der Waals surface area contributed by atoms with Crippen molar-refractivity contribution < 1.29 is 38.1 Å². The summed E-state index contributed by atoms with van der Waals surface area (Å²) in [5.74, 6) is -0.294. The number of esters is 1. The first-order chi connectivity index (χ1) is 9.20. The van der Waals surface area contributed by atoms with Gasteiger partial charge in [0, 0.05) is 22.4 Å². The number of hydrogen-bond acceptors (Lipinski definition) is 2. The average molecular weight is 382 g/mol. The first-order valence-electron chi connectivity index (χ1n) is 6.28. The quantitative estimate of drug-likeness (QED) is 0.363. The number of carbonyl (C=O) groups excluding carboxylic acids is 1. The van der Waals surface area contributed by atoms with Crippen molar-refractivity contribution in [2.45, 2.75) is 6.92 Å². The summed E-state index contributed by atoms with van der Waals surface area (Å²) in [5.41, 5.74) is 2.63. The molecule has 0 fully saturated rings. The van der Waals surface area contributed by atoms with Crippen LogP contribution in [0.1, 0.15) is 17.4 Å². The number of H-pyrrole nitrogens is 1. The van der Waals surface area contributed by atoms with Crippen molar-refractivity contribution in [3.63, 3.8) is 0 Å². The second kappa shape index (κ2) is 5.78. The Balaban J connectivity index is 0.00000147. The SMILES string of the molecule is CCOC(=O)c1cc2c(c[n+]1C)[nH]c1ccccc12.[I-]. The molecular formula is C15H15IN2O2. The summed E-state index contributed by atoms with van der Waals surface area (Å²) < 4.78 is 6.86. The van der Waals surface area contributed by atoms with Crippen LogP contribution in [0.3, 0.4) is 0 Å². The van der Waals surface area contributed by atoms with Crippen molar-refractivity contribution in [3.8, 4) is 0 Å². The van der Waals surface area contributed by atoms with Crippen LogP contribution in [0.2, 0.25) is 0 Å². The fraction of sp³-hybridized carbons (Fsp3) is 0.200. The maximum atomic E-state index is 11.9. The Morgan fingerprint density at radius 3 is 2.75 bits per heavy atom. The second-order valence-electron chi connectivity index (χ2n) is 4.49. The van der Waals surface area contributed by atoms with Gasteiger partial charge < -0.3 is 33.7 Å². The molecule has 2 aromatic heterocycles. The number of fused-ring (bicyclic) bond motifs is 3. The van der Waals surface area contributed by atoms with Gasteiger partial charge in [0.15, 0.2) is 6.20 Å². The molecule has 0 spiro atoms. The molecule has 0 bridgehead atoms. The number of nitrogens with one attached hydrogen (secondary N) is 1. The smallest absolute Gasteiger partial charge is 0.403 e. The zero-order chi connectivity index (χ0) is 13.4. The maximum absolute atomic E-state index is 11.9. The number of halogens is 1. The van der Waals surface area contributed by atoms with Gasteiger partial charge in [-0.2, -0.15) is 4.57 Å². The van der Waals surface area contributed by atoms with Crippen molar-refractivity contribution in [3.05, 3.63) is 42.2 Å². The number of rotatable bonds is 2. The first kappa shape index (κ1) is 14.8. The Kier molecular flexibility index (Phi) is 4.27. The van der Waals surface area contributed by atoms with Gasteiger partial charge in [0.2, 0.25) is 0 Å². The highest BCUT2D eigenvalue weighted by atomic mass is 127. The van der Waals surface area contributed by atoms with Crippen LogP contribution < -0.4 is 28.5 Å². The zero-order valence-electron chi connectivity index (χ0n) is 11.3. The topological polar surface area (TPSA) is 46.0 Å². The molecule has 5 heteroatoms. The zero-order valence-corrected chi connectivity index (χ0v) is 13.5. The van der Waals surface area contributed by atoms with E-state index in [0.717, 1.165) is 21.8 Å². The number of hydrogen-bond donors (Lipinski definition) is 1. The monoisotopic (exact) mass is 382 g/mol. The molecule has 0 unspecified atom stereocenters. The third-order valence-corrected chi connectivity index (χ3v) is 3.25. The number of aryl methyl sites for hydroxylation is 1. The lowest BCUT2D eigenvalue weighted by atomic mass is 10.1. The molecule has 0 saturated carbocycles. The summed E-state index contributed by atoms with van der Waals surface area (Å²) >= 11 is 0. The Morgan fingerprint density at radius 2 is 2.00 bits per heavy atom. The third-order valence-electron chi connectivity index (χ3n) is 3.25. The van der Waals surface area contributed by atoms with Crippen molar-refractivity contribution in [1.82, 2.24) is 4.98 Å². The van der Waals surface area contributed by atoms with Crippen LogP contribution in [0.5, 0.6) is 0 Å². The van der Waals surface area contributed by atoms with E-state index < -0.39 is 0 Å². The normalized spacial score (nSPS) is 10.5. The van der Waals surface area contributed by atoms with E-state index in [2.05, 4.69) is 4.98 Å².